The van der Waals surface area contributed by atoms with E-state index in [1.54, 1.807) is 20.5 Å². The van der Waals surface area contributed by atoms with E-state index in [2.05, 4.69) is 5.32 Å². The average molecular weight is 306 g/mol. The number of nitrogens with one attached hydrogen (secondary N) is 1. The Morgan fingerprint density at radius 2 is 2.05 bits per heavy atom. The van der Waals surface area contributed by atoms with Crippen molar-refractivity contribution in [1.82, 2.24) is 5.32 Å². The molecule has 4 nitrogen and oxygen atoms in total. The van der Waals surface area contributed by atoms with E-state index in [1.807, 2.05) is 19.1 Å². The van der Waals surface area contributed by atoms with Crippen molar-refractivity contribution < 1.29 is 13.7 Å². The SMILES string of the molecule is COc1cc(CNC(C)CS(C)=O)cc(Cl)c1OC. The van der Waals surface area contributed by atoms with Gasteiger partial charge in [0, 0.05) is 35.4 Å². The molecule has 0 aromatic heterocycles. The van der Waals surface area contributed by atoms with E-state index < -0.39 is 10.8 Å². The minimum absolute atomic E-state index is 0.178. The van der Waals surface area contributed by atoms with Crippen molar-refractivity contribution in [3.05, 3.63) is 22.7 Å². The molecule has 0 saturated carbocycles. The Bertz CT molecular complexity index is 454. The number of methoxy groups -OCH3 is 2. The summed E-state index contributed by atoms with van der Waals surface area (Å²) in [4.78, 5) is 0. The fourth-order valence-corrected chi connectivity index (χ4v) is 2.91. The molecule has 0 amide bonds. The Morgan fingerprint density at radius 3 is 2.58 bits per heavy atom. The highest BCUT2D eigenvalue weighted by Crippen LogP contribution is 2.35. The predicted molar refractivity (Wildman–Crippen MR) is 79.8 cm³/mol. The lowest BCUT2D eigenvalue weighted by Gasteiger charge is -2.15. The fraction of sp³-hybridized carbons (Fsp3) is 0.538. The van der Waals surface area contributed by atoms with Gasteiger partial charge in [-0.3, -0.25) is 4.21 Å². The van der Waals surface area contributed by atoms with Crippen LogP contribution in [0.3, 0.4) is 0 Å². The standard InChI is InChI=1S/C13H20ClNO3S/c1-9(8-19(4)16)15-7-10-5-11(14)13(18-3)12(6-10)17-2/h5-6,9,15H,7-8H2,1-4H3. The van der Waals surface area contributed by atoms with Gasteiger partial charge in [0.2, 0.25) is 0 Å². The first-order valence-electron chi connectivity index (χ1n) is 5.91. The summed E-state index contributed by atoms with van der Waals surface area (Å²) in [6.07, 6.45) is 1.70. The summed E-state index contributed by atoms with van der Waals surface area (Å²) in [7, 11) is 2.33. The van der Waals surface area contributed by atoms with Crippen molar-refractivity contribution in [2.24, 2.45) is 0 Å². The molecule has 19 heavy (non-hydrogen) atoms. The average Bonchev–Trinajstić information content (AvgIpc) is 2.34. The first-order chi connectivity index (χ1) is 8.97. The van der Waals surface area contributed by atoms with Crippen LogP contribution >= 0.6 is 11.6 Å². The number of ether oxygens (including phenoxy) is 2. The van der Waals surface area contributed by atoms with E-state index in [1.165, 1.54) is 0 Å². The first kappa shape index (κ1) is 16.3. The van der Waals surface area contributed by atoms with Crippen LogP contribution in [0, 0.1) is 0 Å². The zero-order valence-electron chi connectivity index (χ0n) is 11.7. The van der Waals surface area contributed by atoms with E-state index in [9.17, 15) is 4.21 Å². The quantitative estimate of drug-likeness (QED) is 0.839. The minimum Gasteiger partial charge on any atom is -0.493 e. The Labute approximate surface area is 121 Å². The number of hydrogen-bond acceptors (Lipinski definition) is 4. The van der Waals surface area contributed by atoms with E-state index >= 15 is 0 Å². The molecule has 0 fully saturated rings. The van der Waals surface area contributed by atoms with Gasteiger partial charge in [0.25, 0.3) is 0 Å². The molecule has 108 valence electrons. The largest absolute Gasteiger partial charge is 0.493 e. The van der Waals surface area contributed by atoms with Gasteiger partial charge in [0.05, 0.1) is 19.2 Å². The van der Waals surface area contributed by atoms with Crippen LogP contribution in [0.25, 0.3) is 0 Å². The monoisotopic (exact) mass is 305 g/mol. The van der Waals surface area contributed by atoms with Crippen LogP contribution in [-0.4, -0.2) is 36.5 Å². The van der Waals surface area contributed by atoms with Gasteiger partial charge in [-0.1, -0.05) is 11.6 Å². The topological polar surface area (TPSA) is 47.6 Å². The molecule has 1 N–H and O–H groups in total. The molecular formula is C13H20ClNO3S. The van der Waals surface area contributed by atoms with Gasteiger partial charge in [-0.15, -0.1) is 0 Å². The molecule has 0 aliphatic heterocycles. The molecule has 0 aliphatic rings. The molecule has 2 atom stereocenters. The second-order valence-corrected chi connectivity index (χ2v) is 6.22. The van der Waals surface area contributed by atoms with Crippen LogP contribution < -0.4 is 14.8 Å². The summed E-state index contributed by atoms with van der Waals surface area (Å²) in [5.74, 6) is 1.77. The zero-order chi connectivity index (χ0) is 14.4. The number of rotatable bonds is 7. The number of halogens is 1. The van der Waals surface area contributed by atoms with Crippen LogP contribution in [0.1, 0.15) is 12.5 Å². The fourth-order valence-electron chi connectivity index (χ4n) is 1.78. The zero-order valence-corrected chi connectivity index (χ0v) is 13.2. The number of benzene rings is 1. The van der Waals surface area contributed by atoms with Gasteiger partial charge in [-0.2, -0.15) is 0 Å². The lowest BCUT2D eigenvalue weighted by molar-refractivity contribution is 0.354. The van der Waals surface area contributed by atoms with Crippen molar-refractivity contribution in [2.75, 3.05) is 26.2 Å². The molecule has 0 bridgehead atoms. The summed E-state index contributed by atoms with van der Waals surface area (Å²) in [6, 6.07) is 3.90. The molecular weight excluding hydrogens is 286 g/mol. The third kappa shape index (κ3) is 5.01. The second-order valence-electron chi connectivity index (χ2n) is 4.33. The van der Waals surface area contributed by atoms with Crippen molar-refractivity contribution >= 4 is 22.4 Å². The van der Waals surface area contributed by atoms with E-state index in [0.29, 0.717) is 28.8 Å². The Morgan fingerprint density at radius 1 is 1.37 bits per heavy atom. The van der Waals surface area contributed by atoms with Crippen LogP contribution in [0.15, 0.2) is 12.1 Å². The molecule has 2 unspecified atom stereocenters. The highest BCUT2D eigenvalue weighted by Gasteiger charge is 2.11. The maximum atomic E-state index is 11.1. The molecule has 0 aliphatic carbocycles. The molecule has 1 aromatic rings. The highest BCUT2D eigenvalue weighted by molar-refractivity contribution is 7.84. The highest BCUT2D eigenvalue weighted by atomic mass is 35.5. The molecule has 0 radical (unpaired) electrons. The smallest absolute Gasteiger partial charge is 0.179 e. The van der Waals surface area contributed by atoms with Crippen LogP contribution in [0.4, 0.5) is 0 Å². The maximum Gasteiger partial charge on any atom is 0.179 e. The molecule has 1 aromatic carbocycles. The molecule has 0 heterocycles. The van der Waals surface area contributed by atoms with Crippen LogP contribution in [-0.2, 0) is 17.3 Å². The summed E-state index contributed by atoms with van der Waals surface area (Å²) >= 11 is 6.13. The van der Waals surface area contributed by atoms with Crippen LogP contribution in [0.2, 0.25) is 5.02 Å². The van der Waals surface area contributed by atoms with Gasteiger partial charge in [-0.05, 0) is 24.6 Å². The number of hydrogen-bond donors (Lipinski definition) is 1. The minimum atomic E-state index is -0.802. The van der Waals surface area contributed by atoms with Gasteiger partial charge >= 0.3 is 0 Å². The van der Waals surface area contributed by atoms with Gasteiger partial charge in [0.15, 0.2) is 11.5 Å². The summed E-state index contributed by atoms with van der Waals surface area (Å²) < 4.78 is 21.5. The Balaban J connectivity index is 2.74. The van der Waals surface area contributed by atoms with Gasteiger partial charge in [0.1, 0.15) is 0 Å². The summed E-state index contributed by atoms with van der Waals surface area (Å²) in [6.45, 7) is 2.64. The first-order valence-corrected chi connectivity index (χ1v) is 8.02. The van der Waals surface area contributed by atoms with Crippen molar-refractivity contribution in [3.63, 3.8) is 0 Å². The van der Waals surface area contributed by atoms with Crippen LogP contribution in [0.5, 0.6) is 11.5 Å². The lowest BCUT2D eigenvalue weighted by Crippen LogP contribution is -2.30. The third-order valence-corrected chi connectivity index (χ3v) is 3.88. The maximum absolute atomic E-state index is 11.1. The van der Waals surface area contributed by atoms with Gasteiger partial charge in [-0.25, -0.2) is 0 Å². The van der Waals surface area contributed by atoms with Crippen molar-refractivity contribution in [2.45, 2.75) is 19.5 Å². The van der Waals surface area contributed by atoms with Crippen molar-refractivity contribution in [1.29, 1.82) is 0 Å². The molecule has 0 saturated heterocycles. The molecule has 0 spiro atoms. The summed E-state index contributed by atoms with van der Waals surface area (Å²) in [5, 5.41) is 3.82. The van der Waals surface area contributed by atoms with E-state index in [0.717, 1.165) is 5.56 Å². The van der Waals surface area contributed by atoms with E-state index in [4.69, 9.17) is 21.1 Å². The molecule has 1 rings (SSSR count). The van der Waals surface area contributed by atoms with Crippen molar-refractivity contribution in [3.8, 4) is 11.5 Å². The third-order valence-electron chi connectivity index (χ3n) is 2.63. The summed E-state index contributed by atoms with van der Waals surface area (Å²) in [5.41, 5.74) is 0.997. The Kier molecular flexibility index (Phi) is 6.62. The normalized spacial score (nSPS) is 13.9. The lowest BCUT2D eigenvalue weighted by atomic mass is 10.2. The second kappa shape index (κ2) is 7.72. The molecule has 6 heteroatoms. The van der Waals surface area contributed by atoms with E-state index in [-0.39, 0.29) is 6.04 Å². The van der Waals surface area contributed by atoms with Gasteiger partial charge < -0.3 is 14.8 Å². The Hall–Kier alpha value is -0.780. The predicted octanol–water partition coefficient (Wildman–Crippen LogP) is 2.21.